The number of carbonyl (C=O) groups is 2. The Morgan fingerprint density at radius 3 is 2.45 bits per heavy atom. The molecule has 3 aliphatic rings. The molecule has 4 atom stereocenters. The molecule has 0 aliphatic carbocycles. The molecule has 0 saturated carbocycles. The zero-order valence-corrected chi connectivity index (χ0v) is 27.5. The molecule has 0 spiro atoms. The van der Waals surface area contributed by atoms with E-state index in [2.05, 4.69) is 40.7 Å². The summed E-state index contributed by atoms with van der Waals surface area (Å²) >= 11 is 0. The number of alkyl carbamates (subject to hydrolysis) is 1. The lowest BCUT2D eigenvalue weighted by atomic mass is 9.97. The van der Waals surface area contributed by atoms with Crippen molar-refractivity contribution in [3.8, 4) is 0 Å². The Morgan fingerprint density at radius 2 is 1.80 bits per heavy atom. The zero-order chi connectivity index (χ0) is 31.9. The Bertz CT molecular complexity index is 1440. The van der Waals surface area contributed by atoms with E-state index in [-0.39, 0.29) is 23.3 Å². The first-order chi connectivity index (χ1) is 20.6. The van der Waals surface area contributed by atoms with Gasteiger partial charge in [0, 0.05) is 49.8 Å². The van der Waals surface area contributed by atoms with Crippen molar-refractivity contribution >= 4 is 27.8 Å². The van der Waals surface area contributed by atoms with Crippen LogP contribution in [0.3, 0.4) is 0 Å². The zero-order valence-electron chi connectivity index (χ0n) is 26.7. The van der Waals surface area contributed by atoms with Gasteiger partial charge in [-0.25, -0.2) is 27.9 Å². The summed E-state index contributed by atoms with van der Waals surface area (Å²) in [7, 11) is -4.17. The highest BCUT2D eigenvalue weighted by molar-refractivity contribution is 7.90. The van der Waals surface area contributed by atoms with Gasteiger partial charge in [0.05, 0.1) is 5.56 Å². The van der Waals surface area contributed by atoms with Gasteiger partial charge in [-0.15, -0.1) is 0 Å². The number of pyridine rings is 1. The van der Waals surface area contributed by atoms with Crippen LogP contribution in [0.2, 0.25) is 0 Å². The standard InChI is InChI=1S/C31H47N7O5S/c1-22-19-31(5,6)37(20-22)27-24(11-10-15-32-27)28(39)34-44(41,42)26-13-9-12-25(35-16-7-8-17-35)38(26)36-18-14-23(21-36)33-29(40)43-30(2,3)4/h7-8,10-11,15-17,22-23,25-26H,9,12-14,18-21H2,1-6H3,(H,33,40)(H,34,39)/t22?,23-,25?,26?/m1/s1. The maximum atomic E-state index is 14.1. The van der Waals surface area contributed by atoms with Gasteiger partial charge in [-0.1, -0.05) is 6.92 Å². The number of nitrogens with one attached hydrogen (secondary N) is 2. The molecule has 2 aromatic heterocycles. The van der Waals surface area contributed by atoms with E-state index in [4.69, 9.17) is 4.74 Å². The molecule has 5 rings (SSSR count). The van der Waals surface area contributed by atoms with Crippen LogP contribution < -0.4 is 14.9 Å². The minimum absolute atomic E-state index is 0.209. The van der Waals surface area contributed by atoms with Crippen LogP contribution in [0.5, 0.6) is 0 Å². The van der Waals surface area contributed by atoms with Gasteiger partial charge in [0.25, 0.3) is 15.9 Å². The van der Waals surface area contributed by atoms with E-state index in [1.54, 1.807) is 18.3 Å². The normalized spacial score (nSPS) is 26.5. The second-order valence-electron chi connectivity index (χ2n) is 14.0. The highest BCUT2D eigenvalue weighted by Crippen LogP contribution is 2.38. The molecule has 44 heavy (non-hydrogen) atoms. The van der Waals surface area contributed by atoms with Crippen molar-refractivity contribution in [3.63, 3.8) is 0 Å². The lowest BCUT2D eigenvalue weighted by molar-refractivity contribution is -0.105. The number of hydrogen-bond acceptors (Lipinski definition) is 9. The van der Waals surface area contributed by atoms with Crippen LogP contribution in [0.1, 0.15) is 90.2 Å². The molecular weight excluding hydrogens is 582 g/mol. The fourth-order valence-electron chi connectivity index (χ4n) is 6.98. The predicted octanol–water partition coefficient (Wildman–Crippen LogP) is 4.09. The third-order valence-electron chi connectivity index (χ3n) is 8.65. The van der Waals surface area contributed by atoms with Gasteiger partial charge in [-0.3, -0.25) is 4.79 Å². The van der Waals surface area contributed by atoms with E-state index in [1.807, 2.05) is 59.9 Å². The Kier molecular flexibility index (Phi) is 9.03. The number of aromatic nitrogens is 2. The van der Waals surface area contributed by atoms with Crippen molar-refractivity contribution in [2.45, 2.75) is 102 Å². The minimum atomic E-state index is -4.17. The van der Waals surface area contributed by atoms with Crippen LogP contribution in [0.25, 0.3) is 0 Å². The average molecular weight is 630 g/mol. The lowest BCUT2D eigenvalue weighted by Crippen LogP contribution is -2.59. The maximum Gasteiger partial charge on any atom is 0.407 e. The third kappa shape index (κ3) is 7.05. The number of rotatable bonds is 7. The van der Waals surface area contributed by atoms with Crippen LogP contribution in [0.15, 0.2) is 42.9 Å². The largest absolute Gasteiger partial charge is 0.444 e. The van der Waals surface area contributed by atoms with E-state index in [0.29, 0.717) is 44.1 Å². The number of anilines is 1. The van der Waals surface area contributed by atoms with E-state index >= 15 is 0 Å². The highest BCUT2D eigenvalue weighted by atomic mass is 32.2. The number of nitrogens with zero attached hydrogens (tertiary/aromatic N) is 5. The molecule has 0 radical (unpaired) electrons. The van der Waals surface area contributed by atoms with Crippen molar-refractivity contribution < 1.29 is 22.7 Å². The molecule has 12 nitrogen and oxygen atoms in total. The Balaban J connectivity index is 1.39. The van der Waals surface area contributed by atoms with Crippen LogP contribution in [0.4, 0.5) is 10.6 Å². The van der Waals surface area contributed by atoms with Crippen LogP contribution >= 0.6 is 0 Å². The number of hydrogen-bond donors (Lipinski definition) is 2. The summed E-state index contributed by atoms with van der Waals surface area (Å²) in [5.41, 5.74) is -0.598. The number of piperidine rings is 1. The van der Waals surface area contributed by atoms with E-state index in [1.165, 1.54) is 0 Å². The van der Waals surface area contributed by atoms with Crippen molar-refractivity contribution in [3.05, 3.63) is 48.4 Å². The SMILES string of the molecule is CC1CN(c2ncccc2C(=O)NS(=O)(=O)C2CCCC(n3cccc3)N2N2CC[C@@H](NC(=O)OC(C)(C)C)C2)C(C)(C)C1. The van der Waals surface area contributed by atoms with Crippen molar-refractivity contribution in [1.29, 1.82) is 0 Å². The van der Waals surface area contributed by atoms with Crippen molar-refractivity contribution in [2.75, 3.05) is 24.5 Å². The molecule has 3 unspecified atom stereocenters. The maximum absolute atomic E-state index is 14.1. The molecule has 2 aromatic rings. The van der Waals surface area contributed by atoms with Gasteiger partial charge in [0.15, 0.2) is 0 Å². The summed E-state index contributed by atoms with van der Waals surface area (Å²) in [4.78, 5) is 32.9. The molecule has 3 saturated heterocycles. The summed E-state index contributed by atoms with van der Waals surface area (Å²) in [6.45, 7) is 13.5. The van der Waals surface area contributed by atoms with Crippen molar-refractivity contribution in [1.82, 2.24) is 29.6 Å². The molecule has 2 amide bonds. The summed E-state index contributed by atoms with van der Waals surface area (Å²) in [5, 5.41) is 5.85. The van der Waals surface area contributed by atoms with Gasteiger partial charge in [0.1, 0.15) is 23.0 Å². The molecule has 0 aromatic carbocycles. The molecule has 5 heterocycles. The predicted molar refractivity (Wildman–Crippen MR) is 168 cm³/mol. The van der Waals surface area contributed by atoms with Gasteiger partial charge in [0.2, 0.25) is 0 Å². The molecule has 2 N–H and O–H groups in total. The van der Waals surface area contributed by atoms with E-state index < -0.39 is 33.0 Å². The first-order valence-electron chi connectivity index (χ1n) is 15.6. The number of ether oxygens (including phenoxy) is 1. The van der Waals surface area contributed by atoms with Crippen LogP contribution in [-0.2, 0) is 14.8 Å². The second kappa shape index (κ2) is 12.3. The highest BCUT2D eigenvalue weighted by Gasteiger charge is 2.46. The van der Waals surface area contributed by atoms with Crippen LogP contribution in [0, 0.1) is 5.92 Å². The average Bonchev–Trinajstić information content (AvgIpc) is 3.67. The first-order valence-corrected chi connectivity index (χ1v) is 17.1. The third-order valence-corrected chi connectivity index (χ3v) is 10.3. The molecule has 242 valence electrons. The summed E-state index contributed by atoms with van der Waals surface area (Å²) in [5.74, 6) is 0.232. The smallest absolute Gasteiger partial charge is 0.407 e. The second-order valence-corrected chi connectivity index (χ2v) is 15.8. The van der Waals surface area contributed by atoms with Gasteiger partial charge < -0.3 is 19.5 Å². The van der Waals surface area contributed by atoms with Crippen molar-refractivity contribution in [2.24, 2.45) is 5.92 Å². The molecule has 0 bridgehead atoms. The van der Waals surface area contributed by atoms with E-state index in [0.717, 1.165) is 19.4 Å². The first kappa shape index (κ1) is 32.2. The number of carbonyl (C=O) groups excluding carboxylic acids is 2. The van der Waals surface area contributed by atoms with Gasteiger partial charge >= 0.3 is 6.09 Å². The molecule has 3 fully saturated rings. The fourth-order valence-corrected chi connectivity index (χ4v) is 8.52. The number of amides is 2. The fraction of sp³-hybridized carbons (Fsp3) is 0.645. The summed E-state index contributed by atoms with van der Waals surface area (Å²) in [6.07, 6.45) is 8.08. The summed E-state index contributed by atoms with van der Waals surface area (Å²) < 4.78 is 38.2. The molecule has 13 heteroatoms. The number of hydrazine groups is 1. The monoisotopic (exact) mass is 629 g/mol. The lowest BCUT2D eigenvalue weighted by Gasteiger charge is -2.46. The Hall–Kier alpha value is -3.16. The number of sulfonamides is 1. The topological polar surface area (TPSA) is 129 Å². The molecule has 3 aliphatic heterocycles. The van der Waals surface area contributed by atoms with Crippen LogP contribution in [-0.4, -0.2) is 82.2 Å². The Morgan fingerprint density at radius 1 is 1.07 bits per heavy atom. The quantitative estimate of drug-likeness (QED) is 0.465. The Labute approximate surface area is 261 Å². The summed E-state index contributed by atoms with van der Waals surface area (Å²) in [6, 6.07) is 6.92. The van der Waals surface area contributed by atoms with E-state index in [9.17, 15) is 18.0 Å². The molecular formula is C31H47N7O5S. The van der Waals surface area contributed by atoms with Gasteiger partial charge in [-0.2, -0.15) is 5.01 Å². The minimum Gasteiger partial charge on any atom is -0.444 e. The van der Waals surface area contributed by atoms with Gasteiger partial charge in [-0.05, 0) is 96.9 Å².